The number of rotatable bonds is 11. The topological polar surface area (TPSA) is 34.1 Å². The summed E-state index contributed by atoms with van der Waals surface area (Å²) in [5, 5.41) is 0. The Balaban J connectivity index is 4.08. The highest BCUT2D eigenvalue weighted by Gasteiger charge is 2.38. The first-order valence-corrected chi connectivity index (χ1v) is 8.58. The Kier molecular flexibility index (Phi) is 11.0. The van der Waals surface area contributed by atoms with Gasteiger partial charge in [0, 0.05) is 6.42 Å². The van der Waals surface area contributed by atoms with Crippen molar-refractivity contribution in [3.05, 3.63) is 34.9 Å². The van der Waals surface area contributed by atoms with Crippen molar-refractivity contribution < 1.29 is 22.8 Å². The molecular weight excluding hydrogens is 329 g/mol. The number of hydrogen-bond donors (Lipinski definition) is 0. The lowest BCUT2D eigenvalue weighted by Crippen LogP contribution is -2.25. The summed E-state index contributed by atoms with van der Waals surface area (Å²) in [6.45, 7) is 8.21. The van der Waals surface area contributed by atoms with Gasteiger partial charge in [-0.2, -0.15) is 13.2 Å². The van der Waals surface area contributed by atoms with Gasteiger partial charge < -0.3 is 0 Å². The van der Waals surface area contributed by atoms with Gasteiger partial charge in [0.1, 0.15) is 5.78 Å². The van der Waals surface area contributed by atoms with Crippen LogP contribution in [0, 0.1) is 0 Å². The van der Waals surface area contributed by atoms with Gasteiger partial charge in [-0.05, 0) is 59.8 Å². The summed E-state index contributed by atoms with van der Waals surface area (Å²) in [6.07, 6.45) is 4.48. The SMILES string of the molecule is CC(C)=CCCC(C)=CCCC(C)=CCCC(=O)CC(=O)C(F)(F)F. The fraction of sp³-hybridized carbons (Fsp3) is 0.600. The first kappa shape index (κ1) is 23.4. The molecule has 0 aromatic carbocycles. The van der Waals surface area contributed by atoms with Crippen LogP contribution < -0.4 is 0 Å². The van der Waals surface area contributed by atoms with Crippen LogP contribution in [0.4, 0.5) is 13.2 Å². The standard InChI is InChI=1S/C20H29F3O2/c1-15(2)8-5-9-16(3)10-6-11-17(4)12-7-13-18(24)14-19(25)20(21,22)23/h8,10,12H,5-7,9,11,13-14H2,1-4H3. The van der Waals surface area contributed by atoms with Gasteiger partial charge >= 0.3 is 6.18 Å². The number of Topliss-reactive ketones (excluding diaryl/α,β-unsaturated/α-hetero) is 2. The lowest BCUT2D eigenvalue weighted by molar-refractivity contribution is -0.171. The fourth-order valence-corrected chi connectivity index (χ4v) is 2.19. The first-order valence-electron chi connectivity index (χ1n) is 8.58. The molecule has 0 aromatic rings. The van der Waals surface area contributed by atoms with E-state index in [4.69, 9.17) is 0 Å². The molecule has 0 atom stereocenters. The average Bonchev–Trinajstić information content (AvgIpc) is 2.45. The van der Waals surface area contributed by atoms with Gasteiger partial charge in [0.2, 0.25) is 5.78 Å². The molecule has 0 heterocycles. The summed E-state index contributed by atoms with van der Waals surface area (Å²) >= 11 is 0. The van der Waals surface area contributed by atoms with Crippen LogP contribution in [0.2, 0.25) is 0 Å². The van der Waals surface area contributed by atoms with E-state index in [1.165, 1.54) is 11.1 Å². The number of carbonyl (C=O) groups is 2. The summed E-state index contributed by atoms with van der Waals surface area (Å²) in [5.41, 5.74) is 3.76. The molecule has 0 aliphatic rings. The Morgan fingerprint density at radius 3 is 1.64 bits per heavy atom. The van der Waals surface area contributed by atoms with Gasteiger partial charge in [-0.25, -0.2) is 0 Å². The number of allylic oxidation sites excluding steroid dienone is 6. The summed E-state index contributed by atoms with van der Waals surface area (Å²) in [4.78, 5) is 22.1. The molecule has 0 radical (unpaired) electrons. The van der Waals surface area contributed by atoms with Crippen molar-refractivity contribution in [3.8, 4) is 0 Å². The highest BCUT2D eigenvalue weighted by molar-refractivity contribution is 6.01. The lowest BCUT2D eigenvalue weighted by atomic mass is 10.0. The normalized spacial score (nSPS) is 12.9. The second kappa shape index (κ2) is 11.8. The predicted octanol–water partition coefficient (Wildman–Crippen LogP) is 6.28. The minimum atomic E-state index is -4.92. The minimum absolute atomic E-state index is 0.0310. The molecule has 0 aliphatic heterocycles. The highest BCUT2D eigenvalue weighted by atomic mass is 19.4. The third-order valence-electron chi connectivity index (χ3n) is 3.71. The van der Waals surface area contributed by atoms with Crippen molar-refractivity contribution in [2.24, 2.45) is 0 Å². The molecule has 2 nitrogen and oxygen atoms in total. The molecule has 0 aromatic heterocycles. The molecule has 0 aliphatic carbocycles. The Bertz CT molecular complexity index is 534. The van der Waals surface area contributed by atoms with Crippen LogP contribution in [-0.4, -0.2) is 17.7 Å². The number of carbonyl (C=O) groups excluding carboxylic acids is 2. The summed E-state index contributed by atoms with van der Waals surface area (Å²) < 4.78 is 36.2. The summed E-state index contributed by atoms with van der Waals surface area (Å²) in [6, 6.07) is 0. The van der Waals surface area contributed by atoms with E-state index in [0.717, 1.165) is 31.3 Å². The smallest absolute Gasteiger partial charge is 0.299 e. The summed E-state index contributed by atoms with van der Waals surface area (Å²) in [7, 11) is 0. The van der Waals surface area contributed by atoms with Crippen LogP contribution in [0.1, 0.15) is 72.6 Å². The fourth-order valence-electron chi connectivity index (χ4n) is 2.19. The van der Waals surface area contributed by atoms with E-state index in [2.05, 4.69) is 32.9 Å². The number of ketones is 2. The molecule has 0 saturated carbocycles. The van der Waals surface area contributed by atoms with E-state index in [1.54, 1.807) is 0 Å². The Hall–Kier alpha value is -1.65. The number of halogens is 3. The van der Waals surface area contributed by atoms with Gasteiger partial charge in [0.05, 0.1) is 6.42 Å². The quantitative estimate of drug-likeness (QED) is 0.322. The number of hydrogen-bond acceptors (Lipinski definition) is 2. The summed E-state index contributed by atoms with van der Waals surface area (Å²) in [5.74, 6) is -2.63. The van der Waals surface area contributed by atoms with Gasteiger partial charge in [-0.3, -0.25) is 9.59 Å². The molecule has 0 amide bonds. The van der Waals surface area contributed by atoms with Gasteiger partial charge in [0.15, 0.2) is 0 Å². The molecule has 0 fully saturated rings. The maximum absolute atomic E-state index is 12.1. The van der Waals surface area contributed by atoms with Crippen molar-refractivity contribution in [1.82, 2.24) is 0 Å². The van der Waals surface area contributed by atoms with Gasteiger partial charge in [0.25, 0.3) is 0 Å². The highest BCUT2D eigenvalue weighted by Crippen LogP contribution is 2.19. The van der Waals surface area contributed by atoms with Crippen molar-refractivity contribution in [2.75, 3.05) is 0 Å². The van der Waals surface area contributed by atoms with Crippen molar-refractivity contribution >= 4 is 11.6 Å². The van der Waals surface area contributed by atoms with Crippen LogP contribution in [0.25, 0.3) is 0 Å². The molecule has 25 heavy (non-hydrogen) atoms. The van der Waals surface area contributed by atoms with Gasteiger partial charge in [-0.1, -0.05) is 34.9 Å². The Labute approximate surface area is 148 Å². The van der Waals surface area contributed by atoms with E-state index in [9.17, 15) is 22.8 Å². The third kappa shape index (κ3) is 13.3. The first-order chi connectivity index (χ1) is 11.5. The van der Waals surface area contributed by atoms with E-state index < -0.39 is 24.2 Å². The van der Waals surface area contributed by atoms with E-state index in [0.29, 0.717) is 6.42 Å². The molecule has 0 bridgehead atoms. The molecule has 142 valence electrons. The lowest BCUT2D eigenvalue weighted by Gasteiger charge is -2.04. The molecule has 0 spiro atoms. The number of alkyl halides is 3. The molecule has 0 N–H and O–H groups in total. The molecular formula is C20H29F3O2. The monoisotopic (exact) mass is 358 g/mol. The van der Waals surface area contributed by atoms with E-state index >= 15 is 0 Å². The zero-order chi connectivity index (χ0) is 19.5. The van der Waals surface area contributed by atoms with E-state index in [-0.39, 0.29) is 6.42 Å². The van der Waals surface area contributed by atoms with Gasteiger partial charge in [-0.15, -0.1) is 0 Å². The molecule has 0 rings (SSSR count). The predicted molar refractivity (Wildman–Crippen MR) is 95.3 cm³/mol. The van der Waals surface area contributed by atoms with Crippen molar-refractivity contribution in [3.63, 3.8) is 0 Å². The largest absolute Gasteiger partial charge is 0.450 e. The zero-order valence-electron chi connectivity index (χ0n) is 15.6. The van der Waals surface area contributed by atoms with Crippen LogP contribution in [0.15, 0.2) is 34.9 Å². The Morgan fingerprint density at radius 1 is 0.760 bits per heavy atom. The van der Waals surface area contributed by atoms with Crippen LogP contribution >= 0.6 is 0 Å². The maximum atomic E-state index is 12.1. The zero-order valence-corrected chi connectivity index (χ0v) is 15.6. The van der Waals surface area contributed by atoms with Crippen LogP contribution in [-0.2, 0) is 9.59 Å². The molecule has 0 saturated heterocycles. The van der Waals surface area contributed by atoms with Crippen molar-refractivity contribution in [1.29, 1.82) is 0 Å². The van der Waals surface area contributed by atoms with Crippen LogP contribution in [0.5, 0.6) is 0 Å². The second-order valence-corrected chi connectivity index (χ2v) is 6.63. The average molecular weight is 358 g/mol. The minimum Gasteiger partial charge on any atom is -0.299 e. The maximum Gasteiger partial charge on any atom is 0.450 e. The third-order valence-corrected chi connectivity index (χ3v) is 3.71. The van der Waals surface area contributed by atoms with Crippen LogP contribution in [0.3, 0.4) is 0 Å². The Morgan fingerprint density at radius 2 is 1.20 bits per heavy atom. The van der Waals surface area contributed by atoms with Crippen molar-refractivity contribution in [2.45, 2.75) is 78.8 Å². The molecule has 0 unspecified atom stereocenters. The van der Waals surface area contributed by atoms with E-state index in [1.807, 2.05) is 13.0 Å². The second-order valence-electron chi connectivity index (χ2n) is 6.63. The molecule has 5 heteroatoms.